The lowest BCUT2D eigenvalue weighted by atomic mass is 10.2. The lowest BCUT2D eigenvalue weighted by Gasteiger charge is -2.12. The maximum atomic E-state index is 12.8. The van der Waals surface area contributed by atoms with Crippen molar-refractivity contribution in [2.75, 3.05) is 11.9 Å². The number of aryl methyl sites for hydroxylation is 1. The minimum atomic E-state index is -0.135. The fourth-order valence-electron chi connectivity index (χ4n) is 3.41. The predicted octanol–water partition coefficient (Wildman–Crippen LogP) is 4.96. The Kier molecular flexibility index (Phi) is 6.17. The van der Waals surface area contributed by atoms with E-state index in [1.807, 2.05) is 91.2 Å². The molecule has 0 fully saturated rings. The average Bonchev–Trinajstić information content (AvgIpc) is 3.11. The molecule has 4 rings (SSSR count). The minimum Gasteiger partial charge on any atom is -0.494 e. The summed E-state index contributed by atoms with van der Waals surface area (Å²) >= 11 is 0. The fraction of sp³-hybridized carbons (Fsp3) is 0.200. The van der Waals surface area contributed by atoms with Crippen LogP contribution in [0, 0.1) is 6.92 Å². The van der Waals surface area contributed by atoms with Crippen LogP contribution in [-0.4, -0.2) is 22.1 Å². The van der Waals surface area contributed by atoms with Crippen LogP contribution in [0.3, 0.4) is 0 Å². The van der Waals surface area contributed by atoms with Gasteiger partial charge >= 0.3 is 0 Å². The van der Waals surface area contributed by atoms with Gasteiger partial charge in [0.25, 0.3) is 0 Å². The lowest BCUT2D eigenvalue weighted by molar-refractivity contribution is -0.116. The van der Waals surface area contributed by atoms with E-state index < -0.39 is 0 Å². The monoisotopic (exact) mass is 415 g/mol. The first kappa shape index (κ1) is 20.5. The van der Waals surface area contributed by atoms with Crippen LogP contribution in [-0.2, 0) is 17.9 Å². The second-order valence-electron chi connectivity index (χ2n) is 7.21. The van der Waals surface area contributed by atoms with Crippen molar-refractivity contribution in [3.05, 3.63) is 84.2 Å². The molecule has 1 heterocycles. The van der Waals surface area contributed by atoms with Crippen molar-refractivity contribution in [2.45, 2.75) is 27.0 Å². The Hall–Kier alpha value is -3.80. The molecule has 0 aliphatic rings. The third-order valence-electron chi connectivity index (χ3n) is 4.84. The SMILES string of the molecule is CCOc1ccc(NC(=O)Cn2c(COc3cccc(C)c3)nc3ccccc32)cc1. The molecule has 3 aromatic carbocycles. The van der Waals surface area contributed by atoms with Gasteiger partial charge < -0.3 is 19.4 Å². The van der Waals surface area contributed by atoms with Gasteiger partial charge in [-0.25, -0.2) is 4.98 Å². The van der Waals surface area contributed by atoms with Gasteiger partial charge in [-0.15, -0.1) is 0 Å². The molecule has 0 radical (unpaired) electrons. The summed E-state index contributed by atoms with van der Waals surface area (Å²) in [6.07, 6.45) is 0. The number of fused-ring (bicyclic) bond motifs is 1. The maximum absolute atomic E-state index is 12.8. The molecule has 0 aliphatic carbocycles. The number of ether oxygens (including phenoxy) is 2. The molecule has 0 unspecified atom stereocenters. The second-order valence-corrected chi connectivity index (χ2v) is 7.21. The van der Waals surface area contributed by atoms with Gasteiger partial charge in [0, 0.05) is 5.69 Å². The van der Waals surface area contributed by atoms with Crippen molar-refractivity contribution in [3.8, 4) is 11.5 Å². The minimum absolute atomic E-state index is 0.135. The summed E-state index contributed by atoms with van der Waals surface area (Å²) in [6.45, 7) is 4.97. The van der Waals surface area contributed by atoms with Crippen LogP contribution >= 0.6 is 0 Å². The number of anilines is 1. The van der Waals surface area contributed by atoms with Crippen LogP contribution in [0.5, 0.6) is 11.5 Å². The van der Waals surface area contributed by atoms with E-state index in [0.29, 0.717) is 12.4 Å². The lowest BCUT2D eigenvalue weighted by Crippen LogP contribution is -2.20. The normalized spacial score (nSPS) is 10.8. The van der Waals surface area contributed by atoms with Crippen LogP contribution in [0.15, 0.2) is 72.8 Å². The van der Waals surface area contributed by atoms with E-state index in [4.69, 9.17) is 9.47 Å². The Morgan fingerprint density at radius 3 is 2.55 bits per heavy atom. The molecule has 0 saturated heterocycles. The van der Waals surface area contributed by atoms with Gasteiger partial charge in [0.1, 0.15) is 30.5 Å². The Labute approximate surface area is 181 Å². The summed E-state index contributed by atoms with van der Waals surface area (Å²) in [5, 5.41) is 2.94. The van der Waals surface area contributed by atoms with Gasteiger partial charge in [0.2, 0.25) is 5.91 Å². The molecule has 0 spiro atoms. The predicted molar refractivity (Wildman–Crippen MR) is 121 cm³/mol. The van der Waals surface area contributed by atoms with E-state index in [0.717, 1.165) is 33.8 Å². The van der Waals surface area contributed by atoms with Gasteiger partial charge in [-0.2, -0.15) is 0 Å². The molecular formula is C25H25N3O3. The van der Waals surface area contributed by atoms with Gasteiger partial charge in [0.05, 0.1) is 17.6 Å². The number of hydrogen-bond acceptors (Lipinski definition) is 4. The maximum Gasteiger partial charge on any atom is 0.244 e. The number of nitrogens with zero attached hydrogens (tertiary/aromatic N) is 2. The van der Waals surface area contributed by atoms with Crippen LogP contribution < -0.4 is 14.8 Å². The van der Waals surface area contributed by atoms with Crippen molar-refractivity contribution in [3.63, 3.8) is 0 Å². The standard InChI is InChI=1S/C25H25N3O3/c1-3-30-20-13-11-19(12-14-20)26-25(29)16-28-23-10-5-4-9-22(23)27-24(28)17-31-21-8-6-7-18(2)15-21/h4-15H,3,16-17H2,1-2H3,(H,26,29). The first-order valence-electron chi connectivity index (χ1n) is 10.3. The number of imidazole rings is 1. The van der Waals surface area contributed by atoms with Crippen molar-refractivity contribution in [1.82, 2.24) is 9.55 Å². The number of carbonyl (C=O) groups excluding carboxylic acids is 1. The Morgan fingerprint density at radius 1 is 0.968 bits per heavy atom. The molecule has 1 aromatic heterocycles. The fourth-order valence-corrected chi connectivity index (χ4v) is 3.41. The highest BCUT2D eigenvalue weighted by Crippen LogP contribution is 2.20. The van der Waals surface area contributed by atoms with Gasteiger partial charge in [-0.1, -0.05) is 24.3 Å². The van der Waals surface area contributed by atoms with E-state index in [1.165, 1.54) is 0 Å². The third-order valence-corrected chi connectivity index (χ3v) is 4.84. The number of benzene rings is 3. The van der Waals surface area contributed by atoms with E-state index in [1.54, 1.807) is 0 Å². The number of carbonyl (C=O) groups is 1. The molecule has 1 amide bonds. The molecule has 1 N–H and O–H groups in total. The molecule has 6 nitrogen and oxygen atoms in total. The average molecular weight is 415 g/mol. The molecule has 6 heteroatoms. The van der Waals surface area contributed by atoms with Crippen molar-refractivity contribution in [2.24, 2.45) is 0 Å². The van der Waals surface area contributed by atoms with E-state index in [9.17, 15) is 4.79 Å². The summed E-state index contributed by atoms with van der Waals surface area (Å²) < 4.78 is 13.3. The highest BCUT2D eigenvalue weighted by atomic mass is 16.5. The molecule has 4 aromatic rings. The second kappa shape index (κ2) is 9.34. The Balaban J connectivity index is 1.51. The Bertz CT molecular complexity index is 1180. The molecular weight excluding hydrogens is 390 g/mol. The third kappa shape index (κ3) is 5.04. The number of rotatable bonds is 8. The number of amides is 1. The quantitative estimate of drug-likeness (QED) is 0.442. The zero-order valence-corrected chi connectivity index (χ0v) is 17.7. The molecule has 158 valence electrons. The van der Waals surface area contributed by atoms with E-state index >= 15 is 0 Å². The highest BCUT2D eigenvalue weighted by molar-refractivity contribution is 5.91. The number of hydrogen-bond donors (Lipinski definition) is 1. The molecule has 0 saturated carbocycles. The van der Waals surface area contributed by atoms with E-state index in [-0.39, 0.29) is 19.1 Å². The Morgan fingerprint density at radius 2 is 1.77 bits per heavy atom. The van der Waals surface area contributed by atoms with Crippen LogP contribution in [0.4, 0.5) is 5.69 Å². The van der Waals surface area contributed by atoms with E-state index in [2.05, 4.69) is 10.3 Å². The van der Waals surface area contributed by atoms with Crippen molar-refractivity contribution in [1.29, 1.82) is 0 Å². The molecule has 0 atom stereocenters. The first-order chi connectivity index (χ1) is 15.1. The summed E-state index contributed by atoms with van der Waals surface area (Å²) in [5.41, 5.74) is 3.57. The molecule has 0 bridgehead atoms. The van der Waals surface area contributed by atoms with Crippen LogP contribution in [0.2, 0.25) is 0 Å². The van der Waals surface area contributed by atoms with Crippen LogP contribution in [0.25, 0.3) is 11.0 Å². The molecule has 31 heavy (non-hydrogen) atoms. The zero-order chi connectivity index (χ0) is 21.6. The topological polar surface area (TPSA) is 65.4 Å². The van der Waals surface area contributed by atoms with Gasteiger partial charge in [-0.05, 0) is 67.9 Å². The largest absolute Gasteiger partial charge is 0.494 e. The summed E-state index contributed by atoms with van der Waals surface area (Å²) in [6, 6.07) is 23.0. The number of para-hydroxylation sites is 2. The summed E-state index contributed by atoms with van der Waals surface area (Å²) in [4.78, 5) is 17.5. The summed E-state index contributed by atoms with van der Waals surface area (Å²) in [5.74, 6) is 2.11. The summed E-state index contributed by atoms with van der Waals surface area (Å²) in [7, 11) is 0. The highest BCUT2D eigenvalue weighted by Gasteiger charge is 2.14. The first-order valence-corrected chi connectivity index (χ1v) is 10.3. The molecule has 0 aliphatic heterocycles. The zero-order valence-electron chi connectivity index (χ0n) is 17.7. The number of aromatic nitrogens is 2. The smallest absolute Gasteiger partial charge is 0.244 e. The van der Waals surface area contributed by atoms with Crippen molar-refractivity contribution < 1.29 is 14.3 Å². The van der Waals surface area contributed by atoms with Gasteiger partial charge in [-0.3, -0.25) is 4.79 Å². The number of nitrogens with one attached hydrogen (secondary N) is 1. The van der Waals surface area contributed by atoms with Crippen molar-refractivity contribution >= 4 is 22.6 Å². The van der Waals surface area contributed by atoms with Crippen LogP contribution in [0.1, 0.15) is 18.3 Å². The van der Waals surface area contributed by atoms with Gasteiger partial charge in [0.15, 0.2) is 0 Å².